The van der Waals surface area contributed by atoms with Gasteiger partial charge in [-0.2, -0.15) is 0 Å². The summed E-state index contributed by atoms with van der Waals surface area (Å²) in [4.78, 5) is 0. The zero-order chi connectivity index (χ0) is 7.11. The van der Waals surface area contributed by atoms with Crippen LogP contribution in [0, 0.1) is 25.4 Å². The molecule has 0 aliphatic rings. The second-order valence-electron chi connectivity index (χ2n) is 2.12. The molecule has 0 spiro atoms. The third-order valence-corrected chi connectivity index (χ3v) is 1.21. The predicted octanol–water partition coefficient (Wildman–Crippen LogP) is 1.84. The van der Waals surface area contributed by atoms with Gasteiger partial charge in [-0.05, 0) is 12.8 Å². The average molecular weight is 125 g/mol. The normalized spacial score (nSPS) is 12.6. The zero-order valence-electron chi connectivity index (χ0n) is 5.89. The fraction of sp³-hybridized carbons (Fsp3) is 0.625. The zero-order valence-corrected chi connectivity index (χ0v) is 5.89. The van der Waals surface area contributed by atoms with E-state index in [2.05, 4.69) is 17.8 Å². The molecule has 1 heteroatoms. The van der Waals surface area contributed by atoms with E-state index in [-0.39, 0.29) is 0 Å². The summed E-state index contributed by atoms with van der Waals surface area (Å²) < 4.78 is 4.62. The second kappa shape index (κ2) is 5.65. The largest absolute Gasteiger partial charge is 0.379 e. The third-order valence-electron chi connectivity index (χ3n) is 1.21. The highest BCUT2D eigenvalue weighted by Gasteiger charge is 1.94. The minimum absolute atomic E-state index is 0.375. The minimum atomic E-state index is 0.375. The first-order valence-electron chi connectivity index (χ1n) is 3.14. The van der Waals surface area contributed by atoms with Crippen molar-refractivity contribution in [2.45, 2.75) is 19.8 Å². The summed E-state index contributed by atoms with van der Waals surface area (Å²) in [5, 5.41) is 0. The molecule has 0 rings (SSSR count). The fourth-order valence-electron chi connectivity index (χ4n) is 0.575. The Bertz CT molecular complexity index is 91.2. The van der Waals surface area contributed by atoms with Crippen molar-refractivity contribution < 1.29 is 4.74 Å². The molecule has 0 aliphatic heterocycles. The molecule has 0 heterocycles. The molecular weight excluding hydrogens is 112 g/mol. The molecule has 0 N–H and O–H groups in total. The van der Waals surface area contributed by atoms with Crippen molar-refractivity contribution in [3.8, 4) is 12.3 Å². The van der Waals surface area contributed by atoms with E-state index in [0.29, 0.717) is 12.5 Å². The monoisotopic (exact) mass is 125 g/mol. The minimum Gasteiger partial charge on any atom is -0.379 e. The molecule has 0 aromatic carbocycles. The number of ether oxygens (including phenoxy) is 1. The average Bonchev–Trinajstić information content (AvgIpc) is 1.89. The molecule has 0 aromatic rings. The van der Waals surface area contributed by atoms with Crippen LogP contribution in [-0.4, -0.2) is 6.61 Å². The Hall–Kier alpha value is -0.480. The van der Waals surface area contributed by atoms with Gasteiger partial charge < -0.3 is 4.74 Å². The van der Waals surface area contributed by atoms with Crippen molar-refractivity contribution in [1.82, 2.24) is 0 Å². The molecule has 0 saturated heterocycles. The molecule has 0 amide bonds. The van der Waals surface area contributed by atoms with Crippen LogP contribution in [0.2, 0.25) is 0 Å². The van der Waals surface area contributed by atoms with E-state index in [0.717, 1.165) is 12.8 Å². The molecule has 51 valence electrons. The van der Waals surface area contributed by atoms with Crippen LogP contribution < -0.4 is 0 Å². The highest BCUT2D eigenvalue weighted by Crippen LogP contribution is 2.02. The number of hydrogen-bond donors (Lipinski definition) is 0. The first-order chi connectivity index (χ1) is 4.31. The van der Waals surface area contributed by atoms with Crippen LogP contribution in [0.1, 0.15) is 19.8 Å². The lowest BCUT2D eigenvalue weighted by Crippen LogP contribution is -1.93. The van der Waals surface area contributed by atoms with Crippen LogP contribution in [0.5, 0.6) is 0 Å². The summed E-state index contributed by atoms with van der Waals surface area (Å²) in [5.74, 6) is 3.02. The summed E-state index contributed by atoms with van der Waals surface area (Å²) in [6.07, 6.45) is 7.19. The second-order valence-corrected chi connectivity index (χ2v) is 2.12. The van der Waals surface area contributed by atoms with Crippen LogP contribution in [-0.2, 0) is 4.74 Å². The Morgan fingerprint density at radius 1 is 1.78 bits per heavy atom. The maximum atomic E-state index is 5.15. The van der Waals surface area contributed by atoms with Crippen molar-refractivity contribution in [2.75, 3.05) is 6.61 Å². The summed E-state index contributed by atoms with van der Waals surface area (Å²) in [6, 6.07) is 0. The smallest absolute Gasteiger partial charge is 0.0700 e. The maximum absolute atomic E-state index is 5.15. The lowest BCUT2D eigenvalue weighted by Gasteiger charge is -2.00. The molecule has 1 nitrogen and oxygen atoms in total. The first-order valence-corrected chi connectivity index (χ1v) is 3.14. The summed E-state index contributed by atoms with van der Waals surface area (Å²) >= 11 is 0. The van der Waals surface area contributed by atoms with Gasteiger partial charge >= 0.3 is 0 Å². The number of terminal acetylenes is 1. The van der Waals surface area contributed by atoms with Crippen LogP contribution in [0.4, 0.5) is 0 Å². The summed E-state index contributed by atoms with van der Waals surface area (Å²) in [5.41, 5.74) is 0. The Morgan fingerprint density at radius 2 is 2.44 bits per heavy atom. The molecule has 0 saturated carbocycles. The van der Waals surface area contributed by atoms with Gasteiger partial charge in [0.2, 0.25) is 0 Å². The fourth-order valence-corrected chi connectivity index (χ4v) is 0.575. The number of rotatable bonds is 4. The SMILES string of the molecule is C#CC(C)CCCO[CH2]. The summed E-state index contributed by atoms with van der Waals surface area (Å²) in [7, 11) is 3.26. The number of hydrogen-bond acceptors (Lipinski definition) is 1. The van der Waals surface area contributed by atoms with Gasteiger partial charge in [0.25, 0.3) is 0 Å². The molecule has 0 aromatic heterocycles. The van der Waals surface area contributed by atoms with Gasteiger partial charge in [0.15, 0.2) is 0 Å². The van der Waals surface area contributed by atoms with Crippen LogP contribution >= 0.6 is 0 Å². The van der Waals surface area contributed by atoms with Gasteiger partial charge in [-0.15, -0.1) is 12.3 Å². The van der Waals surface area contributed by atoms with Crippen molar-refractivity contribution in [1.29, 1.82) is 0 Å². The Morgan fingerprint density at radius 3 is 2.89 bits per heavy atom. The molecule has 9 heavy (non-hydrogen) atoms. The van der Waals surface area contributed by atoms with E-state index in [9.17, 15) is 0 Å². The quantitative estimate of drug-likeness (QED) is 0.411. The van der Waals surface area contributed by atoms with Gasteiger partial charge in [-0.1, -0.05) is 6.92 Å². The molecular formula is C8H13O. The molecule has 1 unspecified atom stereocenters. The molecule has 0 fully saturated rings. The van der Waals surface area contributed by atoms with Crippen molar-refractivity contribution in [3.05, 3.63) is 7.11 Å². The van der Waals surface area contributed by atoms with Gasteiger partial charge in [-0.3, -0.25) is 0 Å². The Kier molecular flexibility index (Phi) is 5.35. The van der Waals surface area contributed by atoms with E-state index in [1.54, 1.807) is 0 Å². The van der Waals surface area contributed by atoms with E-state index in [4.69, 9.17) is 6.42 Å². The van der Waals surface area contributed by atoms with Gasteiger partial charge in [-0.25, -0.2) is 0 Å². The summed E-state index contributed by atoms with van der Waals surface area (Å²) in [6.45, 7) is 2.75. The van der Waals surface area contributed by atoms with Crippen molar-refractivity contribution >= 4 is 0 Å². The first kappa shape index (κ1) is 8.52. The van der Waals surface area contributed by atoms with Crippen molar-refractivity contribution in [2.24, 2.45) is 5.92 Å². The maximum Gasteiger partial charge on any atom is 0.0700 e. The molecule has 0 aliphatic carbocycles. The van der Waals surface area contributed by atoms with Crippen molar-refractivity contribution in [3.63, 3.8) is 0 Å². The molecule has 1 radical (unpaired) electrons. The standard InChI is InChI=1S/C8H13O/c1-4-8(2)6-5-7-9-3/h1,8H,3,5-7H2,2H3. The van der Waals surface area contributed by atoms with E-state index in [1.807, 2.05) is 6.92 Å². The van der Waals surface area contributed by atoms with E-state index >= 15 is 0 Å². The topological polar surface area (TPSA) is 9.23 Å². The Labute approximate surface area is 57.4 Å². The Balaban J connectivity index is 2.99. The third kappa shape index (κ3) is 5.39. The van der Waals surface area contributed by atoms with Gasteiger partial charge in [0.05, 0.1) is 7.11 Å². The van der Waals surface area contributed by atoms with E-state index < -0.39 is 0 Å². The lowest BCUT2D eigenvalue weighted by atomic mass is 10.1. The van der Waals surface area contributed by atoms with E-state index in [1.165, 1.54) is 0 Å². The lowest BCUT2D eigenvalue weighted by molar-refractivity contribution is 0.231. The molecule has 0 bridgehead atoms. The van der Waals surface area contributed by atoms with Crippen LogP contribution in [0.3, 0.4) is 0 Å². The highest BCUT2D eigenvalue weighted by molar-refractivity contribution is 4.89. The van der Waals surface area contributed by atoms with Crippen LogP contribution in [0.25, 0.3) is 0 Å². The molecule has 1 atom stereocenters. The van der Waals surface area contributed by atoms with Crippen LogP contribution in [0.15, 0.2) is 0 Å². The van der Waals surface area contributed by atoms with Gasteiger partial charge in [0, 0.05) is 12.5 Å². The highest BCUT2D eigenvalue weighted by atomic mass is 16.5. The van der Waals surface area contributed by atoms with Gasteiger partial charge in [0.1, 0.15) is 0 Å². The predicted molar refractivity (Wildman–Crippen MR) is 38.5 cm³/mol.